The first kappa shape index (κ1) is 78.7. The molecule has 1 aromatic heterocycles. The van der Waals surface area contributed by atoms with Crippen molar-refractivity contribution in [3.63, 3.8) is 0 Å². The monoisotopic (exact) mass is 1450 g/mol. The summed E-state index contributed by atoms with van der Waals surface area (Å²) in [6.45, 7) is 10.8. The molecule has 4 aromatic carbocycles. The molecule has 8 amide bonds. The number of carboxylic acids is 1. The van der Waals surface area contributed by atoms with Crippen molar-refractivity contribution in [2.24, 2.45) is 22.6 Å². The molecule has 103 heavy (non-hydrogen) atoms. The number of amidine groups is 1. The predicted octanol–water partition coefficient (Wildman–Crippen LogP) is 5.11. The molecule has 29 heteroatoms. The number of unbranched alkanes of at least 4 members (excludes halogenated alkanes) is 2. The molecule has 2 aliphatic heterocycles. The van der Waals surface area contributed by atoms with Crippen molar-refractivity contribution < 1.29 is 75.0 Å². The highest BCUT2D eigenvalue weighted by atomic mass is 32.2. The summed E-state index contributed by atoms with van der Waals surface area (Å²) in [7, 11) is -8.27. The molecule has 550 valence electrons. The van der Waals surface area contributed by atoms with Gasteiger partial charge in [-0.05, 0) is 131 Å². The third-order valence-corrected chi connectivity index (χ3v) is 22.0. The third kappa shape index (κ3) is 21.3. The average molecular weight is 1450 g/mol. The quantitative estimate of drug-likeness (QED) is 0.0188. The number of sulfone groups is 2. The zero-order valence-corrected chi connectivity index (χ0v) is 60.3. The van der Waals surface area contributed by atoms with Crippen LogP contribution in [0.3, 0.4) is 0 Å². The number of benzene rings is 4. The van der Waals surface area contributed by atoms with E-state index in [2.05, 4.69) is 41.9 Å². The number of fused-ring (bicyclic) bond motifs is 2. The van der Waals surface area contributed by atoms with Crippen molar-refractivity contribution >= 4 is 102 Å². The van der Waals surface area contributed by atoms with Crippen molar-refractivity contribution in [2.45, 2.75) is 152 Å². The highest BCUT2D eigenvalue weighted by Gasteiger charge is 2.52. The minimum atomic E-state index is -4.13. The van der Waals surface area contributed by atoms with Crippen LogP contribution >= 0.6 is 0 Å². The van der Waals surface area contributed by atoms with Gasteiger partial charge in [-0.25, -0.2) is 21.8 Å². The van der Waals surface area contributed by atoms with Crippen LogP contribution in [-0.4, -0.2) is 176 Å². The molecule has 0 unspecified atom stereocenters. The van der Waals surface area contributed by atoms with Gasteiger partial charge in [0.05, 0.1) is 63.4 Å². The molecule has 1 saturated carbocycles. The Morgan fingerprint density at radius 2 is 1.37 bits per heavy atom. The van der Waals surface area contributed by atoms with Gasteiger partial charge in [0.15, 0.2) is 25.5 Å². The van der Waals surface area contributed by atoms with Gasteiger partial charge < -0.3 is 57.6 Å². The van der Waals surface area contributed by atoms with E-state index in [0.717, 1.165) is 22.4 Å². The molecule has 3 atom stereocenters. The average Bonchev–Trinajstić information content (AvgIpc) is 1.60. The van der Waals surface area contributed by atoms with Gasteiger partial charge in [0, 0.05) is 86.4 Å². The number of amides is 8. The van der Waals surface area contributed by atoms with Gasteiger partial charge in [0.1, 0.15) is 24.0 Å². The number of Topliss-reactive ketones (excluding diaryl/α,β-unsaturated/α-hetero) is 1. The van der Waals surface area contributed by atoms with Crippen LogP contribution in [0.5, 0.6) is 0 Å². The number of hydrogen-bond donors (Lipinski definition) is 9. The van der Waals surface area contributed by atoms with Crippen molar-refractivity contribution in [1.29, 1.82) is 0 Å². The lowest BCUT2D eigenvalue weighted by molar-refractivity contribution is -0.138. The summed E-state index contributed by atoms with van der Waals surface area (Å²) < 4.78 is 54.3. The maximum Gasteiger partial charge on any atom is 0.303 e. The number of carboxylic acid groups (broad SMARTS) is 1. The number of ketones is 1. The van der Waals surface area contributed by atoms with E-state index in [9.17, 15) is 75.0 Å². The predicted molar refractivity (Wildman–Crippen MR) is 385 cm³/mol. The van der Waals surface area contributed by atoms with Crippen LogP contribution in [0.1, 0.15) is 146 Å². The first-order valence-electron chi connectivity index (χ1n) is 34.5. The van der Waals surface area contributed by atoms with Gasteiger partial charge in [0.25, 0.3) is 5.91 Å². The summed E-state index contributed by atoms with van der Waals surface area (Å²) >= 11 is 0. The maximum atomic E-state index is 14.1. The largest absolute Gasteiger partial charge is 0.481 e. The molecule has 10 N–H and O–H groups in total. The fourth-order valence-corrected chi connectivity index (χ4v) is 15.4. The Morgan fingerprint density at radius 1 is 0.728 bits per heavy atom. The van der Waals surface area contributed by atoms with Crippen LogP contribution < -0.4 is 37.6 Å². The minimum absolute atomic E-state index is 0.00185. The maximum absolute atomic E-state index is 14.1. The number of hydrogen-bond acceptors (Lipinski definition) is 18. The number of aliphatic hydroxyl groups excluding tert-OH is 1. The van der Waals surface area contributed by atoms with Gasteiger partial charge in [0.2, 0.25) is 41.4 Å². The Morgan fingerprint density at radius 3 is 1.97 bits per heavy atom. The van der Waals surface area contributed by atoms with Crippen LogP contribution in [-0.2, 0) is 76.4 Å². The summed E-state index contributed by atoms with van der Waals surface area (Å²) in [6, 6.07) is 20.8. The van der Waals surface area contributed by atoms with Crippen molar-refractivity contribution in [2.75, 3.05) is 56.2 Å². The van der Waals surface area contributed by atoms with E-state index >= 15 is 0 Å². The number of aliphatic hydroxyl groups is 1. The zero-order valence-electron chi connectivity index (χ0n) is 58.7. The van der Waals surface area contributed by atoms with E-state index in [0.29, 0.717) is 86.1 Å². The number of aliphatic imine (C=N–C) groups is 1. The molecule has 27 nitrogen and oxygen atoms in total. The molecule has 0 radical (unpaired) electrons. The second kappa shape index (κ2) is 35.3. The van der Waals surface area contributed by atoms with E-state index in [1.807, 2.05) is 25.1 Å². The summed E-state index contributed by atoms with van der Waals surface area (Å²) in [4.78, 5) is 146. The summed E-state index contributed by atoms with van der Waals surface area (Å²) in [5, 5.41) is 35.1. The first-order chi connectivity index (χ1) is 48.9. The fraction of sp³-hybridized carbons (Fsp3) is 0.432. The lowest BCUT2D eigenvalue weighted by atomic mass is 9.92. The number of anilines is 1. The highest BCUT2D eigenvalue weighted by Crippen LogP contribution is 2.50. The number of nitrogens with zero attached hydrogens (tertiary/aromatic N) is 4. The second-order valence-corrected chi connectivity index (χ2v) is 30.9. The van der Waals surface area contributed by atoms with E-state index in [1.54, 1.807) is 75.2 Å². The molecule has 1 fully saturated rings. The summed E-state index contributed by atoms with van der Waals surface area (Å²) in [5.74, 6) is -9.68. The van der Waals surface area contributed by atoms with E-state index in [4.69, 9.17) is 5.73 Å². The van der Waals surface area contributed by atoms with Gasteiger partial charge in [-0.2, -0.15) is 0 Å². The molecule has 1 aliphatic carbocycles. The van der Waals surface area contributed by atoms with Gasteiger partial charge in [-0.1, -0.05) is 86.8 Å². The van der Waals surface area contributed by atoms with Gasteiger partial charge >= 0.3 is 5.97 Å². The third-order valence-electron chi connectivity index (χ3n) is 18.3. The van der Waals surface area contributed by atoms with Gasteiger partial charge in [-0.3, -0.25) is 52.9 Å². The number of carbonyl (C=O) groups is 10. The van der Waals surface area contributed by atoms with E-state index < -0.39 is 127 Å². The topological polar surface area (TPSA) is 409 Å². The minimum Gasteiger partial charge on any atom is -0.481 e. The zero-order chi connectivity index (χ0) is 74.9. The molecule has 5 aromatic rings. The van der Waals surface area contributed by atoms with Crippen molar-refractivity contribution in [3.05, 3.63) is 153 Å². The van der Waals surface area contributed by atoms with Gasteiger partial charge in [-0.15, -0.1) is 0 Å². The Bertz CT molecular complexity index is 4230. The number of carbonyl (C=O) groups excluding carboxylic acids is 9. The highest BCUT2D eigenvalue weighted by molar-refractivity contribution is 7.92. The normalized spacial score (nSPS) is 14.7. The molecule has 0 saturated heterocycles. The standard InChI is InChI=1S/C74H91N11O16S2/c1-7-32-84(34-35-86)72(96)52-36-51-20-21-55(39-61(51)81-62(75)38-52)74(29-30-74)73(97)80-56-37-53-42-85(33-28-59(53)77-40-56)64(88)41-78-68(92)48(6)79-71(95)66(45(2)3)83-70(94)60(26-27-65(89)90)82-63(87)11-9-8-10-31-76-69(93)50-18-16-49(17-19-50)67(91)54(43-102(98,99)57-22-12-46(4)13-23-57)44-103(100,101)58-24-14-47(5)15-25-58/h12-25,36-37,39-40,45,48,54,60,66,86H,7-11,26-35,38,41-44H2,1-6H3,(H2,75,81)(H,76,93)(H,78,92)(H,79,95)(H,80,97)(H,82,87)(H,83,94)(H,89,90)/t48-,60-,66-/m0/s1. The number of nitrogens with two attached hydrogens (primary N) is 1. The smallest absolute Gasteiger partial charge is 0.303 e. The number of rotatable bonds is 35. The first-order valence-corrected chi connectivity index (χ1v) is 37.8. The Labute approximate surface area is 599 Å². The summed E-state index contributed by atoms with van der Waals surface area (Å²) in [6.07, 6.45) is 5.94. The number of aliphatic carboxylic acids is 1. The Kier molecular flexibility index (Phi) is 26.9. The Hall–Kier alpha value is -10.0. The summed E-state index contributed by atoms with van der Waals surface area (Å²) in [5.41, 5.74) is 11.5. The number of nitrogens with one attached hydrogen (secondary N) is 6. The van der Waals surface area contributed by atoms with Crippen LogP contribution in [0.4, 0.5) is 11.4 Å². The van der Waals surface area contributed by atoms with Crippen molar-refractivity contribution in [1.82, 2.24) is 41.4 Å². The Balaban J connectivity index is 0.767. The molecule has 0 bridgehead atoms. The number of aryl methyl sites for hydroxylation is 2. The SMILES string of the molecule is CCCN(CCO)C(=O)C1=Cc2ccc(C3(C(=O)Nc4cnc5c(c4)CN(C(=O)CNC(=O)[C@H](C)NC(=O)[C@@H](NC(=O)[C@H](CCC(=O)O)NC(=O)CCCCCNC(=O)c4ccc(C(=O)C(CS(=O)(=O)c6ccc(C)cc6)CS(=O)(=O)c6ccc(C)cc6)cc4)C(C)C)CC5)CC3)cc2N=C(N)C1. The van der Waals surface area contributed by atoms with Crippen LogP contribution in [0, 0.1) is 25.7 Å². The molecule has 0 spiro atoms. The number of pyridine rings is 1. The van der Waals surface area contributed by atoms with Crippen LogP contribution in [0.2, 0.25) is 0 Å². The molecular formula is C74H91N11O16S2. The molecule has 3 aliphatic rings. The number of aromatic nitrogens is 1. The van der Waals surface area contributed by atoms with Crippen LogP contribution in [0.15, 0.2) is 124 Å². The molecule has 3 heterocycles. The molecule has 8 rings (SSSR count). The van der Waals surface area contributed by atoms with E-state index in [1.165, 1.54) is 60.4 Å². The molecular weight excluding hydrogens is 1360 g/mol. The fourth-order valence-electron chi connectivity index (χ4n) is 12.2. The lowest BCUT2D eigenvalue weighted by Gasteiger charge is -2.29. The van der Waals surface area contributed by atoms with E-state index in [-0.39, 0.29) is 84.1 Å². The lowest BCUT2D eigenvalue weighted by Crippen LogP contribution is -2.58. The van der Waals surface area contributed by atoms with Crippen molar-refractivity contribution in [3.8, 4) is 0 Å². The van der Waals surface area contributed by atoms with Crippen LogP contribution in [0.25, 0.3) is 6.08 Å². The second-order valence-electron chi connectivity index (χ2n) is 26.8.